The van der Waals surface area contributed by atoms with E-state index in [2.05, 4.69) is 72.8 Å². The van der Waals surface area contributed by atoms with Crippen molar-refractivity contribution in [1.82, 2.24) is 0 Å². The van der Waals surface area contributed by atoms with Gasteiger partial charge in [-0.15, -0.1) is 0 Å². The number of phosphoric ester groups is 2. The molecule has 632 valence electrons. The summed E-state index contributed by atoms with van der Waals surface area (Å²) in [6.07, 6.45) is 71.5. The van der Waals surface area contributed by atoms with Gasteiger partial charge in [0.2, 0.25) is 0 Å². The SMILES string of the molecule is CCCCCC/C=C\C=C/CCCCCCCC(=O)O[C@H](COC(=O)CCCCCCCCCCC(C)CC)COP(=O)(O)OC[C@H](O)COP(=O)(O)OC[C@@H](COC(=O)CCCCCCCCCCCCCCCCCC(C)C)OC(=O)CCCCCCCCCCCCCCCCCCCCC(C)CC. The molecule has 0 heterocycles. The van der Waals surface area contributed by atoms with Crippen LogP contribution in [0.5, 0.6) is 0 Å². The van der Waals surface area contributed by atoms with E-state index in [4.69, 9.17) is 37.0 Å². The second-order valence-electron chi connectivity index (χ2n) is 31.9. The molecular weight excluding hydrogens is 1390 g/mol. The lowest BCUT2D eigenvalue weighted by atomic mass is 9.99. The largest absolute Gasteiger partial charge is 0.472 e. The number of hydrogen-bond donors (Lipinski definition) is 3. The minimum absolute atomic E-state index is 0.0847. The Labute approximate surface area is 656 Å². The Morgan fingerprint density at radius 2 is 0.551 bits per heavy atom. The van der Waals surface area contributed by atoms with Crippen LogP contribution in [0.25, 0.3) is 0 Å². The monoisotopic (exact) mass is 1560 g/mol. The van der Waals surface area contributed by atoms with Gasteiger partial charge in [0, 0.05) is 25.7 Å². The Morgan fingerprint density at radius 1 is 0.308 bits per heavy atom. The first-order chi connectivity index (χ1) is 51.8. The molecule has 19 heteroatoms. The van der Waals surface area contributed by atoms with Gasteiger partial charge in [-0.25, -0.2) is 9.13 Å². The topological polar surface area (TPSA) is 237 Å². The number of hydrogen-bond acceptors (Lipinski definition) is 15. The summed E-state index contributed by atoms with van der Waals surface area (Å²) in [5, 5.41) is 10.7. The summed E-state index contributed by atoms with van der Waals surface area (Å²) in [4.78, 5) is 73.3. The highest BCUT2D eigenvalue weighted by molar-refractivity contribution is 7.47. The Bertz CT molecular complexity index is 2160. The number of allylic oxidation sites excluding steroid dienone is 4. The molecule has 4 unspecified atom stereocenters. The molecule has 0 fully saturated rings. The van der Waals surface area contributed by atoms with Gasteiger partial charge in [-0.05, 0) is 69.1 Å². The lowest BCUT2D eigenvalue weighted by Gasteiger charge is -2.21. The van der Waals surface area contributed by atoms with Gasteiger partial charge in [-0.3, -0.25) is 37.3 Å². The van der Waals surface area contributed by atoms with Crippen molar-refractivity contribution in [3.63, 3.8) is 0 Å². The molecule has 0 saturated heterocycles. The van der Waals surface area contributed by atoms with E-state index in [0.717, 1.165) is 120 Å². The number of rotatable bonds is 84. The number of phosphoric acid groups is 2. The molecule has 0 bridgehead atoms. The number of carbonyl (C=O) groups excluding carboxylic acids is 4. The van der Waals surface area contributed by atoms with Gasteiger partial charge in [0.15, 0.2) is 12.2 Å². The van der Waals surface area contributed by atoms with E-state index in [-0.39, 0.29) is 25.7 Å². The van der Waals surface area contributed by atoms with Gasteiger partial charge in [-0.1, -0.05) is 387 Å². The normalized spacial score (nSPS) is 14.5. The molecule has 0 aliphatic heterocycles. The van der Waals surface area contributed by atoms with Crippen LogP contribution in [0.1, 0.15) is 440 Å². The highest BCUT2D eigenvalue weighted by Crippen LogP contribution is 2.45. The van der Waals surface area contributed by atoms with Crippen LogP contribution in [0.3, 0.4) is 0 Å². The van der Waals surface area contributed by atoms with E-state index < -0.39 is 97.5 Å². The number of unbranched alkanes of at least 4 members (excludes halogenated alkanes) is 47. The molecule has 0 aromatic heterocycles. The van der Waals surface area contributed by atoms with E-state index in [0.29, 0.717) is 25.7 Å². The molecular formula is C88H168O17P2. The summed E-state index contributed by atoms with van der Waals surface area (Å²) in [5.74, 6) is 0.316. The van der Waals surface area contributed by atoms with Gasteiger partial charge < -0.3 is 33.8 Å². The molecule has 107 heavy (non-hydrogen) atoms. The summed E-state index contributed by atoms with van der Waals surface area (Å²) in [7, 11) is -9.95. The average Bonchev–Trinajstić information content (AvgIpc) is 0.901. The Hall–Kier alpha value is -2.46. The van der Waals surface area contributed by atoms with Gasteiger partial charge in [0.05, 0.1) is 26.4 Å². The van der Waals surface area contributed by atoms with Crippen LogP contribution >= 0.6 is 15.6 Å². The zero-order chi connectivity index (χ0) is 78.6. The first-order valence-electron chi connectivity index (χ1n) is 44.7. The van der Waals surface area contributed by atoms with E-state index in [1.807, 2.05) is 0 Å². The van der Waals surface area contributed by atoms with Crippen molar-refractivity contribution in [2.24, 2.45) is 17.8 Å². The standard InChI is InChI=1S/C88H168O17P2/c1-8-11-12-13-14-15-16-17-23-31-36-41-50-57-64-71-88(93)105-84(76-99-86(91)70-63-56-49-44-43-47-54-61-68-81(7)10-3)78-103-107(96,97)101-74-82(89)73-100-106(94,95)102-77-83(75-98-85(90)69-62-55-48-40-35-30-27-22-24-28-33-38-45-52-59-66-79(4)5)104-87(92)72-65-58-51-42-37-32-26-21-19-18-20-25-29-34-39-46-53-60-67-80(6)9-2/h15-17,23,79-84,89H,8-14,18-22,24-78H2,1-7H3,(H,94,95)(H,96,97)/b16-15-,23-17-/t80?,81?,82-,83-,84-/m1/s1. The number of ether oxygens (including phenoxy) is 4. The molecule has 0 rings (SSSR count). The van der Waals surface area contributed by atoms with E-state index in [1.54, 1.807) is 0 Å². The van der Waals surface area contributed by atoms with Gasteiger partial charge in [-0.2, -0.15) is 0 Å². The summed E-state index contributed by atoms with van der Waals surface area (Å²) in [5.41, 5.74) is 0. The first kappa shape index (κ1) is 105. The Kier molecular flexibility index (Phi) is 75.7. The predicted octanol–water partition coefficient (Wildman–Crippen LogP) is 26.4. The van der Waals surface area contributed by atoms with E-state index in [1.165, 1.54) is 238 Å². The van der Waals surface area contributed by atoms with Gasteiger partial charge in [0.25, 0.3) is 0 Å². The number of aliphatic hydroxyl groups excluding tert-OH is 1. The molecule has 0 spiro atoms. The molecule has 0 saturated carbocycles. The van der Waals surface area contributed by atoms with Crippen molar-refractivity contribution in [1.29, 1.82) is 0 Å². The molecule has 0 radical (unpaired) electrons. The van der Waals surface area contributed by atoms with Gasteiger partial charge in [0.1, 0.15) is 19.3 Å². The van der Waals surface area contributed by atoms with Crippen LogP contribution in [-0.4, -0.2) is 96.7 Å². The third-order valence-corrected chi connectivity index (χ3v) is 22.6. The number of carbonyl (C=O) groups is 4. The van der Waals surface area contributed by atoms with Crippen LogP contribution in [-0.2, 0) is 65.4 Å². The van der Waals surface area contributed by atoms with E-state index in [9.17, 15) is 43.2 Å². The molecule has 3 N–H and O–H groups in total. The highest BCUT2D eigenvalue weighted by atomic mass is 31.2. The van der Waals surface area contributed by atoms with Crippen molar-refractivity contribution in [2.45, 2.75) is 458 Å². The maximum Gasteiger partial charge on any atom is 0.472 e. The third-order valence-electron chi connectivity index (χ3n) is 20.7. The molecule has 17 nitrogen and oxygen atoms in total. The van der Waals surface area contributed by atoms with Crippen molar-refractivity contribution in [3.8, 4) is 0 Å². The summed E-state index contributed by atoms with van der Waals surface area (Å²) in [6, 6.07) is 0. The van der Waals surface area contributed by atoms with E-state index >= 15 is 0 Å². The smallest absolute Gasteiger partial charge is 0.462 e. The van der Waals surface area contributed by atoms with Crippen LogP contribution < -0.4 is 0 Å². The minimum Gasteiger partial charge on any atom is -0.462 e. The quantitative estimate of drug-likeness (QED) is 0.0169. The second-order valence-corrected chi connectivity index (χ2v) is 34.8. The molecule has 7 atom stereocenters. The van der Waals surface area contributed by atoms with Crippen LogP contribution in [0, 0.1) is 17.8 Å². The molecule has 0 aliphatic rings. The lowest BCUT2D eigenvalue weighted by molar-refractivity contribution is -0.161. The predicted molar refractivity (Wildman–Crippen MR) is 441 cm³/mol. The summed E-state index contributed by atoms with van der Waals surface area (Å²) in [6.45, 7) is 12.0. The third kappa shape index (κ3) is 78.6. The second kappa shape index (κ2) is 77.5. The van der Waals surface area contributed by atoms with Crippen LogP contribution in [0.4, 0.5) is 0 Å². The highest BCUT2D eigenvalue weighted by Gasteiger charge is 2.30. The number of esters is 4. The van der Waals surface area contributed by atoms with Crippen molar-refractivity contribution in [3.05, 3.63) is 24.3 Å². The maximum atomic E-state index is 13.2. The summed E-state index contributed by atoms with van der Waals surface area (Å²) >= 11 is 0. The lowest BCUT2D eigenvalue weighted by Crippen LogP contribution is -2.30. The van der Waals surface area contributed by atoms with Crippen molar-refractivity contribution < 1.29 is 80.2 Å². The zero-order valence-electron chi connectivity index (χ0n) is 70.1. The zero-order valence-corrected chi connectivity index (χ0v) is 71.9. The van der Waals surface area contributed by atoms with Crippen molar-refractivity contribution in [2.75, 3.05) is 39.6 Å². The fourth-order valence-corrected chi connectivity index (χ4v) is 14.7. The maximum absolute atomic E-state index is 13.2. The summed E-state index contributed by atoms with van der Waals surface area (Å²) < 4.78 is 68.9. The molecule has 0 aliphatic carbocycles. The molecule has 0 aromatic carbocycles. The minimum atomic E-state index is -4.97. The fraction of sp³-hybridized carbons (Fsp3) is 0.909. The Morgan fingerprint density at radius 3 is 0.832 bits per heavy atom. The van der Waals surface area contributed by atoms with Crippen molar-refractivity contribution >= 4 is 39.5 Å². The van der Waals surface area contributed by atoms with Crippen LogP contribution in [0.15, 0.2) is 24.3 Å². The first-order valence-corrected chi connectivity index (χ1v) is 47.7. The van der Waals surface area contributed by atoms with Gasteiger partial charge >= 0.3 is 39.5 Å². The average molecular weight is 1560 g/mol. The molecule has 0 amide bonds. The molecule has 0 aromatic rings. The fourth-order valence-electron chi connectivity index (χ4n) is 13.1. The van der Waals surface area contributed by atoms with Crippen LogP contribution in [0.2, 0.25) is 0 Å². The number of aliphatic hydroxyl groups is 1. The Balaban J connectivity index is 5.28.